The van der Waals surface area contributed by atoms with E-state index in [0.29, 0.717) is 10.6 Å². The van der Waals surface area contributed by atoms with Crippen LogP contribution in [0.1, 0.15) is 39.1 Å². The number of hydrogen-bond acceptors (Lipinski definition) is 7. The van der Waals surface area contributed by atoms with Crippen molar-refractivity contribution in [1.29, 1.82) is 5.26 Å². The molecule has 0 radical (unpaired) electrons. The quantitative estimate of drug-likeness (QED) is 0.574. The van der Waals surface area contributed by atoms with Crippen molar-refractivity contribution in [3.8, 4) is 6.07 Å². The topological polar surface area (TPSA) is 137 Å². The van der Waals surface area contributed by atoms with Crippen LogP contribution in [0.25, 0.3) is 0 Å². The average molecular weight is 418 g/mol. The highest BCUT2D eigenvalue weighted by atomic mass is 16.7. The zero-order valence-electron chi connectivity index (χ0n) is 15.9. The number of benzene rings is 2. The summed E-state index contributed by atoms with van der Waals surface area (Å²) in [6.07, 6.45) is -0.398. The summed E-state index contributed by atoms with van der Waals surface area (Å²) in [6, 6.07) is 12.3. The van der Waals surface area contributed by atoms with Crippen LogP contribution >= 0.6 is 0 Å². The molecule has 1 fully saturated rings. The van der Waals surface area contributed by atoms with Crippen LogP contribution in [0.3, 0.4) is 0 Å². The predicted octanol–water partition coefficient (Wildman–Crippen LogP) is 1.52. The number of imide groups is 2. The van der Waals surface area contributed by atoms with Crippen LogP contribution in [-0.4, -0.2) is 40.8 Å². The Labute approximate surface area is 175 Å². The summed E-state index contributed by atoms with van der Waals surface area (Å²) in [6.45, 7) is 0. The highest BCUT2D eigenvalue weighted by Crippen LogP contribution is 2.24. The van der Waals surface area contributed by atoms with Crippen molar-refractivity contribution < 1.29 is 28.8 Å². The molecule has 4 rings (SSSR count). The lowest BCUT2D eigenvalue weighted by molar-refractivity contribution is -0.168. The van der Waals surface area contributed by atoms with Gasteiger partial charge in [-0.05, 0) is 42.8 Å². The number of carbonyl (C=O) groups is 5. The number of nitrogens with one attached hydrogen (secondary N) is 1. The first-order valence-electron chi connectivity index (χ1n) is 9.24. The summed E-state index contributed by atoms with van der Waals surface area (Å²) in [4.78, 5) is 67.2. The molecule has 2 aliphatic rings. The number of amides is 5. The monoisotopic (exact) mass is 418 g/mol. The maximum Gasteiger partial charge on any atom is 0.333 e. The lowest BCUT2D eigenvalue weighted by Crippen LogP contribution is -2.34. The van der Waals surface area contributed by atoms with E-state index in [9.17, 15) is 24.0 Å². The van der Waals surface area contributed by atoms with Gasteiger partial charge in [0.05, 0.1) is 34.9 Å². The lowest BCUT2D eigenvalue weighted by atomic mass is 10.1. The smallest absolute Gasteiger partial charge is 0.330 e. The zero-order chi connectivity index (χ0) is 22.1. The van der Waals surface area contributed by atoms with E-state index in [1.165, 1.54) is 36.4 Å². The fourth-order valence-electron chi connectivity index (χ4n) is 3.32. The van der Waals surface area contributed by atoms with E-state index < -0.39 is 35.8 Å². The SMILES string of the molecule is N#Cc1ccc(N2C(=O)NC(CCC(=O)ON3C(=O)c4ccccc4C3=O)C2=O)cc1. The molecule has 0 aromatic heterocycles. The maximum atomic E-state index is 12.6. The Morgan fingerprint density at radius 1 is 1.00 bits per heavy atom. The number of anilines is 1. The van der Waals surface area contributed by atoms with Gasteiger partial charge in [0.15, 0.2) is 0 Å². The Balaban J connectivity index is 1.36. The van der Waals surface area contributed by atoms with E-state index >= 15 is 0 Å². The van der Waals surface area contributed by atoms with E-state index in [0.717, 1.165) is 4.90 Å². The van der Waals surface area contributed by atoms with Crippen LogP contribution in [0.5, 0.6) is 0 Å². The molecule has 1 unspecified atom stereocenters. The molecule has 0 aliphatic carbocycles. The first-order chi connectivity index (χ1) is 14.9. The largest absolute Gasteiger partial charge is 0.333 e. The Morgan fingerprint density at radius 3 is 2.19 bits per heavy atom. The fourth-order valence-corrected chi connectivity index (χ4v) is 3.32. The van der Waals surface area contributed by atoms with Crippen LogP contribution in [-0.2, 0) is 14.4 Å². The molecule has 2 heterocycles. The normalized spacial score (nSPS) is 17.5. The summed E-state index contributed by atoms with van der Waals surface area (Å²) >= 11 is 0. The molecular formula is C21H14N4O6. The third-order valence-electron chi connectivity index (χ3n) is 4.86. The van der Waals surface area contributed by atoms with Crippen LogP contribution in [0, 0.1) is 11.3 Å². The predicted molar refractivity (Wildman–Crippen MR) is 103 cm³/mol. The molecule has 31 heavy (non-hydrogen) atoms. The molecule has 0 saturated carbocycles. The highest BCUT2D eigenvalue weighted by Gasteiger charge is 2.41. The van der Waals surface area contributed by atoms with Crippen molar-refractivity contribution in [3.63, 3.8) is 0 Å². The maximum absolute atomic E-state index is 12.6. The lowest BCUT2D eigenvalue weighted by Gasteiger charge is -2.14. The molecule has 154 valence electrons. The van der Waals surface area contributed by atoms with Crippen molar-refractivity contribution in [2.75, 3.05) is 4.90 Å². The van der Waals surface area contributed by atoms with E-state index in [4.69, 9.17) is 10.1 Å². The van der Waals surface area contributed by atoms with Crippen molar-refractivity contribution >= 4 is 35.4 Å². The summed E-state index contributed by atoms with van der Waals surface area (Å²) in [7, 11) is 0. The standard InChI is InChI=1S/C21H14N4O6/c22-11-12-5-7-13(8-6-12)24-20(29)16(23-21(24)30)9-10-17(26)31-25-18(27)14-3-1-2-4-15(14)19(25)28/h1-8,16H,9-10H2,(H,23,30). The van der Waals surface area contributed by atoms with Crippen LogP contribution in [0.4, 0.5) is 10.5 Å². The van der Waals surface area contributed by atoms with Gasteiger partial charge in [0.1, 0.15) is 6.04 Å². The highest BCUT2D eigenvalue weighted by molar-refractivity contribution is 6.22. The van der Waals surface area contributed by atoms with Gasteiger partial charge >= 0.3 is 12.0 Å². The summed E-state index contributed by atoms with van der Waals surface area (Å²) < 4.78 is 0. The minimum Gasteiger partial charge on any atom is -0.330 e. The van der Waals surface area contributed by atoms with Gasteiger partial charge in [0.2, 0.25) is 0 Å². The van der Waals surface area contributed by atoms with Gasteiger partial charge in [-0.25, -0.2) is 14.5 Å². The number of carbonyl (C=O) groups excluding carboxylic acids is 5. The second kappa shape index (κ2) is 7.72. The van der Waals surface area contributed by atoms with E-state index in [1.54, 1.807) is 12.1 Å². The van der Waals surface area contributed by atoms with Crippen LogP contribution in [0.15, 0.2) is 48.5 Å². The van der Waals surface area contributed by atoms with Gasteiger partial charge in [-0.2, -0.15) is 5.26 Å². The van der Waals surface area contributed by atoms with E-state index in [2.05, 4.69) is 5.32 Å². The first kappa shape index (κ1) is 19.8. The number of fused-ring (bicyclic) bond motifs is 1. The Morgan fingerprint density at radius 2 is 1.61 bits per heavy atom. The number of nitriles is 1. The van der Waals surface area contributed by atoms with Crippen molar-refractivity contribution in [3.05, 3.63) is 65.2 Å². The molecule has 10 nitrogen and oxygen atoms in total. The van der Waals surface area contributed by atoms with Crippen LogP contribution < -0.4 is 10.2 Å². The molecule has 2 aliphatic heterocycles. The average Bonchev–Trinajstić information content (AvgIpc) is 3.20. The number of hydroxylamine groups is 2. The van der Waals surface area contributed by atoms with Crippen LogP contribution in [0.2, 0.25) is 0 Å². The van der Waals surface area contributed by atoms with Crippen molar-refractivity contribution in [2.45, 2.75) is 18.9 Å². The van der Waals surface area contributed by atoms with Gasteiger partial charge < -0.3 is 10.2 Å². The first-order valence-corrected chi connectivity index (χ1v) is 9.24. The van der Waals surface area contributed by atoms with Gasteiger partial charge in [-0.1, -0.05) is 17.2 Å². The van der Waals surface area contributed by atoms with Gasteiger partial charge in [-0.3, -0.25) is 14.4 Å². The van der Waals surface area contributed by atoms with E-state index in [1.807, 2.05) is 6.07 Å². The third kappa shape index (κ3) is 3.49. The minimum absolute atomic E-state index is 0.0840. The molecule has 1 N–H and O–H groups in total. The molecule has 1 saturated heterocycles. The second-order valence-corrected chi connectivity index (χ2v) is 6.79. The summed E-state index contributed by atoms with van der Waals surface area (Å²) in [5, 5.41) is 11.7. The minimum atomic E-state index is -0.974. The second-order valence-electron chi connectivity index (χ2n) is 6.79. The number of hydrogen-bond donors (Lipinski definition) is 1. The van der Waals surface area contributed by atoms with Crippen molar-refractivity contribution in [1.82, 2.24) is 10.4 Å². The van der Waals surface area contributed by atoms with Crippen molar-refractivity contribution in [2.24, 2.45) is 0 Å². The van der Waals surface area contributed by atoms with Gasteiger partial charge in [-0.15, -0.1) is 0 Å². The molecule has 0 spiro atoms. The molecule has 2 aromatic carbocycles. The number of nitrogens with zero attached hydrogens (tertiary/aromatic N) is 3. The Bertz CT molecular complexity index is 1130. The third-order valence-corrected chi connectivity index (χ3v) is 4.86. The molecular weight excluding hydrogens is 404 g/mol. The Kier molecular flexibility index (Phi) is 4.92. The number of rotatable bonds is 5. The van der Waals surface area contributed by atoms with E-state index in [-0.39, 0.29) is 29.7 Å². The fraction of sp³-hybridized carbons (Fsp3) is 0.143. The molecule has 0 bridgehead atoms. The number of urea groups is 1. The zero-order valence-corrected chi connectivity index (χ0v) is 15.9. The summed E-state index contributed by atoms with van der Waals surface area (Å²) in [5.41, 5.74) is 0.939. The molecule has 1 atom stereocenters. The van der Waals surface area contributed by atoms with Gasteiger partial charge in [0.25, 0.3) is 17.7 Å². The summed E-state index contributed by atoms with van der Waals surface area (Å²) in [5.74, 6) is -2.95. The molecule has 5 amide bonds. The molecule has 2 aromatic rings. The molecule has 10 heteroatoms. The van der Waals surface area contributed by atoms with Gasteiger partial charge in [0, 0.05) is 0 Å². The Hall–Kier alpha value is -4.52.